The van der Waals surface area contributed by atoms with Crippen LogP contribution >= 0.6 is 0 Å². The van der Waals surface area contributed by atoms with Gasteiger partial charge in [-0.05, 0) is 48.1 Å². The van der Waals surface area contributed by atoms with Crippen molar-refractivity contribution in [1.82, 2.24) is 0 Å². The van der Waals surface area contributed by atoms with Gasteiger partial charge in [0, 0.05) is 5.56 Å². The van der Waals surface area contributed by atoms with E-state index < -0.39 is 0 Å². The molecule has 1 aromatic rings. The molecule has 2 heteroatoms. The maximum atomic E-state index is 5.63. The molecule has 0 aromatic heterocycles. The Labute approximate surface area is 117 Å². The average molecular weight is 261 g/mol. The summed E-state index contributed by atoms with van der Waals surface area (Å²) in [5, 5.41) is 0. The zero-order chi connectivity index (χ0) is 14.4. The first kappa shape index (κ1) is 15.8. The van der Waals surface area contributed by atoms with E-state index in [-0.39, 0.29) is 0 Å². The van der Waals surface area contributed by atoms with E-state index in [9.17, 15) is 0 Å². The summed E-state index contributed by atoms with van der Waals surface area (Å²) in [4.78, 5) is 0. The Balaban J connectivity index is 3.30. The fraction of sp³-hybridized carbons (Fsp3) is 0.529. The van der Waals surface area contributed by atoms with Crippen LogP contribution in [0.5, 0.6) is 5.75 Å². The zero-order valence-corrected chi connectivity index (χ0v) is 12.9. The fourth-order valence-electron chi connectivity index (χ4n) is 2.21. The summed E-state index contributed by atoms with van der Waals surface area (Å²) in [7, 11) is 1.73. The highest BCUT2D eigenvalue weighted by atomic mass is 16.5. The first-order valence-corrected chi connectivity index (χ1v) is 7.09. The van der Waals surface area contributed by atoms with E-state index in [0.717, 1.165) is 12.2 Å². The van der Waals surface area contributed by atoms with E-state index in [0.29, 0.717) is 18.4 Å². The molecule has 0 aliphatic carbocycles. The van der Waals surface area contributed by atoms with Crippen molar-refractivity contribution in [2.75, 3.05) is 13.7 Å². The van der Waals surface area contributed by atoms with Gasteiger partial charge in [0.05, 0.1) is 7.11 Å². The fourth-order valence-corrected chi connectivity index (χ4v) is 2.21. The number of nitrogens with two attached hydrogens (primary N) is 1. The smallest absolute Gasteiger partial charge is 0.126 e. The minimum atomic E-state index is 0.461. The molecule has 0 saturated heterocycles. The Kier molecular flexibility index (Phi) is 6.10. The van der Waals surface area contributed by atoms with E-state index >= 15 is 0 Å². The number of ether oxygens (including phenoxy) is 1. The number of hydrogen-bond acceptors (Lipinski definition) is 2. The SMILES string of the molecule is COc1ccc(C(C)C)cc1/C(=C/CCN)C(C)C. The maximum Gasteiger partial charge on any atom is 0.126 e. The third kappa shape index (κ3) is 4.10. The third-order valence-electron chi connectivity index (χ3n) is 3.35. The summed E-state index contributed by atoms with van der Waals surface area (Å²) in [6.45, 7) is 9.53. The molecule has 0 spiro atoms. The molecule has 1 aromatic carbocycles. The summed E-state index contributed by atoms with van der Waals surface area (Å²) in [5.41, 5.74) is 9.50. The van der Waals surface area contributed by atoms with Crippen LogP contribution < -0.4 is 10.5 Å². The Bertz CT molecular complexity index is 433. The van der Waals surface area contributed by atoms with Gasteiger partial charge in [-0.2, -0.15) is 0 Å². The third-order valence-corrected chi connectivity index (χ3v) is 3.35. The minimum absolute atomic E-state index is 0.461. The van der Waals surface area contributed by atoms with Crippen molar-refractivity contribution in [3.63, 3.8) is 0 Å². The Morgan fingerprint density at radius 3 is 2.42 bits per heavy atom. The number of rotatable bonds is 6. The first-order valence-electron chi connectivity index (χ1n) is 7.09. The summed E-state index contributed by atoms with van der Waals surface area (Å²) >= 11 is 0. The van der Waals surface area contributed by atoms with Gasteiger partial charge in [0.2, 0.25) is 0 Å². The molecular weight excluding hydrogens is 234 g/mol. The highest BCUT2D eigenvalue weighted by Gasteiger charge is 2.13. The van der Waals surface area contributed by atoms with Gasteiger partial charge in [-0.25, -0.2) is 0 Å². The summed E-state index contributed by atoms with van der Waals surface area (Å²) < 4.78 is 5.52. The molecule has 2 nitrogen and oxygen atoms in total. The molecule has 1 rings (SSSR count). The zero-order valence-electron chi connectivity index (χ0n) is 12.9. The molecule has 0 amide bonds. The quantitative estimate of drug-likeness (QED) is 0.832. The second-order valence-electron chi connectivity index (χ2n) is 5.51. The molecule has 0 heterocycles. The van der Waals surface area contributed by atoms with Crippen LogP contribution in [0.4, 0.5) is 0 Å². The standard InChI is InChI=1S/C17H27NO/c1-12(2)14-8-9-17(19-5)16(11-14)15(13(3)4)7-6-10-18/h7-9,11-13H,6,10,18H2,1-5H3/b15-7+. The lowest BCUT2D eigenvalue weighted by Crippen LogP contribution is -2.02. The van der Waals surface area contributed by atoms with Gasteiger partial charge in [-0.1, -0.05) is 39.8 Å². The average Bonchev–Trinajstić information content (AvgIpc) is 2.38. The molecule has 0 radical (unpaired) electrons. The number of hydrogen-bond donors (Lipinski definition) is 1. The second-order valence-corrected chi connectivity index (χ2v) is 5.51. The van der Waals surface area contributed by atoms with Gasteiger partial charge in [-0.15, -0.1) is 0 Å². The van der Waals surface area contributed by atoms with Crippen LogP contribution in [0.1, 0.15) is 51.2 Å². The van der Waals surface area contributed by atoms with Crippen molar-refractivity contribution in [2.45, 2.75) is 40.0 Å². The van der Waals surface area contributed by atoms with E-state index in [1.54, 1.807) is 7.11 Å². The molecule has 106 valence electrons. The van der Waals surface area contributed by atoms with Crippen LogP contribution in [0, 0.1) is 5.92 Å². The Morgan fingerprint density at radius 2 is 1.95 bits per heavy atom. The van der Waals surface area contributed by atoms with Gasteiger partial charge < -0.3 is 10.5 Å². The monoisotopic (exact) mass is 261 g/mol. The van der Waals surface area contributed by atoms with Crippen LogP contribution in [-0.2, 0) is 0 Å². The molecule has 2 N–H and O–H groups in total. The Morgan fingerprint density at radius 1 is 1.26 bits per heavy atom. The number of allylic oxidation sites excluding steroid dienone is 1. The molecule has 19 heavy (non-hydrogen) atoms. The Hall–Kier alpha value is -1.28. The molecule has 0 fully saturated rings. The molecule has 0 aliphatic heterocycles. The molecule has 0 atom stereocenters. The first-order chi connectivity index (χ1) is 9.01. The van der Waals surface area contributed by atoms with Gasteiger partial charge in [0.1, 0.15) is 5.75 Å². The van der Waals surface area contributed by atoms with E-state index in [4.69, 9.17) is 10.5 Å². The largest absolute Gasteiger partial charge is 0.496 e. The lowest BCUT2D eigenvalue weighted by atomic mass is 9.90. The van der Waals surface area contributed by atoms with Crippen LogP contribution in [0.2, 0.25) is 0 Å². The van der Waals surface area contributed by atoms with Crippen molar-refractivity contribution in [3.8, 4) is 5.75 Å². The maximum absolute atomic E-state index is 5.63. The summed E-state index contributed by atoms with van der Waals surface area (Å²) in [6, 6.07) is 6.48. The van der Waals surface area contributed by atoms with Gasteiger partial charge in [0.25, 0.3) is 0 Å². The van der Waals surface area contributed by atoms with Crippen molar-refractivity contribution < 1.29 is 4.74 Å². The lowest BCUT2D eigenvalue weighted by molar-refractivity contribution is 0.412. The predicted octanol–water partition coefficient (Wildman–Crippen LogP) is 4.21. The number of benzene rings is 1. The summed E-state index contributed by atoms with van der Waals surface area (Å²) in [5.74, 6) is 1.93. The van der Waals surface area contributed by atoms with Crippen molar-refractivity contribution >= 4 is 5.57 Å². The van der Waals surface area contributed by atoms with Crippen LogP contribution in [0.3, 0.4) is 0 Å². The van der Waals surface area contributed by atoms with Gasteiger partial charge in [-0.3, -0.25) is 0 Å². The second kappa shape index (κ2) is 7.34. The molecular formula is C17H27NO. The van der Waals surface area contributed by atoms with Crippen molar-refractivity contribution in [2.24, 2.45) is 11.7 Å². The molecule has 0 aliphatic rings. The van der Waals surface area contributed by atoms with Crippen LogP contribution in [-0.4, -0.2) is 13.7 Å². The lowest BCUT2D eigenvalue weighted by Gasteiger charge is -2.18. The van der Waals surface area contributed by atoms with E-state index in [1.165, 1.54) is 16.7 Å². The molecule has 0 unspecified atom stereocenters. The van der Waals surface area contributed by atoms with Gasteiger partial charge >= 0.3 is 0 Å². The van der Waals surface area contributed by atoms with Crippen molar-refractivity contribution in [1.29, 1.82) is 0 Å². The summed E-state index contributed by atoms with van der Waals surface area (Å²) in [6.07, 6.45) is 3.15. The van der Waals surface area contributed by atoms with Crippen LogP contribution in [0.25, 0.3) is 5.57 Å². The van der Waals surface area contributed by atoms with E-state index in [1.807, 2.05) is 0 Å². The number of methoxy groups -OCH3 is 1. The van der Waals surface area contributed by atoms with Crippen LogP contribution in [0.15, 0.2) is 24.3 Å². The highest BCUT2D eigenvalue weighted by Crippen LogP contribution is 2.33. The van der Waals surface area contributed by atoms with Gasteiger partial charge in [0.15, 0.2) is 0 Å². The molecule has 0 bridgehead atoms. The van der Waals surface area contributed by atoms with E-state index in [2.05, 4.69) is 52.0 Å². The highest BCUT2D eigenvalue weighted by molar-refractivity contribution is 5.72. The molecule has 0 saturated carbocycles. The minimum Gasteiger partial charge on any atom is -0.496 e. The van der Waals surface area contributed by atoms with Crippen molar-refractivity contribution in [3.05, 3.63) is 35.4 Å². The normalized spacial score (nSPS) is 12.3. The predicted molar refractivity (Wildman–Crippen MR) is 83.6 cm³/mol. The topological polar surface area (TPSA) is 35.2 Å².